The number of carboxylic acids is 1. The average molecular weight is 385 g/mol. The molecule has 26 heavy (non-hydrogen) atoms. The molecule has 7 heteroatoms. The third-order valence-electron chi connectivity index (χ3n) is 3.83. The lowest BCUT2D eigenvalue weighted by Crippen LogP contribution is -2.33. The number of nitrogens with zero attached hydrogens (tertiary/aromatic N) is 1. The number of benzene rings is 2. The van der Waals surface area contributed by atoms with Gasteiger partial charge in [-0.3, -0.25) is 14.5 Å². The average Bonchev–Trinajstić information content (AvgIpc) is 2.89. The van der Waals surface area contributed by atoms with Gasteiger partial charge in [0.25, 0.3) is 5.91 Å². The number of carbonyl (C=O) groups is 2. The van der Waals surface area contributed by atoms with E-state index in [9.17, 15) is 14.7 Å². The van der Waals surface area contributed by atoms with E-state index in [0.717, 1.165) is 33.4 Å². The van der Waals surface area contributed by atoms with Gasteiger partial charge >= 0.3 is 5.97 Å². The number of hydrogen-bond donors (Lipinski definition) is 2. The van der Waals surface area contributed by atoms with Crippen LogP contribution in [0.2, 0.25) is 0 Å². The number of thiocarbonyl (C=S) groups is 1. The Balaban J connectivity index is 1.77. The first-order valence-corrected chi connectivity index (χ1v) is 8.98. The Hall–Kier alpha value is -2.48. The molecular formula is C19H15NO4S2. The number of amides is 1. The predicted octanol–water partition coefficient (Wildman–Crippen LogP) is 3.05. The summed E-state index contributed by atoms with van der Waals surface area (Å²) in [5, 5.41) is 19.3. The molecule has 5 nitrogen and oxygen atoms in total. The first-order chi connectivity index (χ1) is 12.5. The maximum atomic E-state index is 12.3. The molecule has 1 unspecified atom stereocenters. The Kier molecular flexibility index (Phi) is 5.51. The minimum Gasteiger partial charge on any atom is -0.480 e. The van der Waals surface area contributed by atoms with Crippen LogP contribution in [0.25, 0.3) is 6.08 Å². The largest absolute Gasteiger partial charge is 0.480 e. The summed E-state index contributed by atoms with van der Waals surface area (Å²) in [5.41, 5.74) is 2.31. The van der Waals surface area contributed by atoms with Gasteiger partial charge in [-0.1, -0.05) is 78.6 Å². The Morgan fingerprint density at radius 1 is 1.12 bits per heavy atom. The second kappa shape index (κ2) is 7.82. The molecule has 132 valence electrons. The molecule has 2 aromatic carbocycles. The van der Waals surface area contributed by atoms with Crippen LogP contribution in [-0.4, -0.2) is 37.9 Å². The summed E-state index contributed by atoms with van der Waals surface area (Å²) >= 11 is 6.15. The van der Waals surface area contributed by atoms with Crippen LogP contribution in [0.3, 0.4) is 0 Å². The van der Waals surface area contributed by atoms with E-state index in [2.05, 4.69) is 0 Å². The van der Waals surface area contributed by atoms with Gasteiger partial charge in [0, 0.05) is 0 Å². The lowest BCUT2D eigenvalue weighted by Gasteiger charge is -2.11. The molecule has 3 rings (SSSR count). The van der Waals surface area contributed by atoms with Crippen LogP contribution in [0.1, 0.15) is 22.8 Å². The normalized spacial score (nSPS) is 17.0. The summed E-state index contributed by atoms with van der Waals surface area (Å²) < 4.78 is 0.236. The van der Waals surface area contributed by atoms with Gasteiger partial charge in [0.2, 0.25) is 0 Å². The molecule has 0 bridgehead atoms. The number of rotatable bonds is 5. The Morgan fingerprint density at radius 2 is 1.73 bits per heavy atom. The zero-order valence-electron chi connectivity index (χ0n) is 13.5. The second-order valence-electron chi connectivity index (χ2n) is 5.64. The minimum atomic E-state index is -1.11. The molecule has 0 aliphatic carbocycles. The molecule has 0 aromatic heterocycles. The third-order valence-corrected chi connectivity index (χ3v) is 5.21. The number of thioether (sulfide) groups is 1. The molecule has 2 aromatic rings. The van der Waals surface area contributed by atoms with Gasteiger partial charge in [-0.2, -0.15) is 0 Å². The van der Waals surface area contributed by atoms with Crippen molar-refractivity contribution in [2.24, 2.45) is 0 Å². The maximum Gasteiger partial charge on any atom is 0.323 e. The predicted molar refractivity (Wildman–Crippen MR) is 104 cm³/mol. The fourth-order valence-corrected chi connectivity index (χ4v) is 3.78. The van der Waals surface area contributed by atoms with E-state index in [1.165, 1.54) is 0 Å². The van der Waals surface area contributed by atoms with Crippen LogP contribution in [0, 0.1) is 0 Å². The van der Waals surface area contributed by atoms with Crippen molar-refractivity contribution in [3.63, 3.8) is 0 Å². The van der Waals surface area contributed by atoms with Gasteiger partial charge in [-0.15, -0.1) is 0 Å². The maximum absolute atomic E-state index is 12.3. The highest BCUT2D eigenvalue weighted by atomic mass is 32.2. The molecule has 1 heterocycles. The number of aliphatic carboxylic acids is 1. The number of carbonyl (C=O) groups excluding carboxylic acids is 1. The number of aliphatic hydroxyl groups excluding tert-OH is 1. The first kappa shape index (κ1) is 18.3. The van der Waals surface area contributed by atoms with E-state index in [1.54, 1.807) is 30.3 Å². The monoisotopic (exact) mass is 385 g/mol. The number of hydrogen-bond acceptors (Lipinski definition) is 5. The topological polar surface area (TPSA) is 77.8 Å². The Labute approximate surface area is 160 Å². The SMILES string of the molecule is O=C(O)CN1C(=O)/C(=C/c2ccc(C(O)c3ccccc3)cc2)SC1=S. The zero-order valence-corrected chi connectivity index (χ0v) is 15.2. The van der Waals surface area contributed by atoms with E-state index in [1.807, 2.05) is 30.3 Å². The van der Waals surface area contributed by atoms with Gasteiger partial charge in [0.1, 0.15) is 17.0 Å². The molecule has 1 aliphatic rings. The van der Waals surface area contributed by atoms with Crippen molar-refractivity contribution in [3.8, 4) is 0 Å². The van der Waals surface area contributed by atoms with Gasteiger partial charge < -0.3 is 10.2 Å². The lowest BCUT2D eigenvalue weighted by atomic mass is 10.0. The van der Waals surface area contributed by atoms with Crippen molar-refractivity contribution < 1.29 is 19.8 Å². The van der Waals surface area contributed by atoms with Crippen LogP contribution < -0.4 is 0 Å². The van der Waals surface area contributed by atoms with Gasteiger partial charge in [-0.25, -0.2) is 0 Å². The molecule has 1 saturated heterocycles. The Morgan fingerprint density at radius 3 is 2.35 bits per heavy atom. The van der Waals surface area contributed by atoms with Crippen LogP contribution in [0.5, 0.6) is 0 Å². The van der Waals surface area contributed by atoms with E-state index < -0.39 is 24.5 Å². The van der Waals surface area contributed by atoms with Crippen molar-refractivity contribution in [3.05, 3.63) is 76.2 Å². The molecule has 0 radical (unpaired) electrons. The summed E-state index contributed by atoms with van der Waals surface area (Å²) in [6, 6.07) is 16.5. The summed E-state index contributed by atoms with van der Waals surface area (Å²) in [6.45, 7) is -0.440. The highest BCUT2D eigenvalue weighted by molar-refractivity contribution is 8.26. The molecular weight excluding hydrogens is 370 g/mol. The van der Waals surface area contributed by atoms with Crippen LogP contribution in [0.4, 0.5) is 0 Å². The quantitative estimate of drug-likeness (QED) is 0.608. The summed E-state index contributed by atoms with van der Waals surface area (Å²) in [4.78, 5) is 24.5. The number of aliphatic hydroxyl groups is 1. The fraction of sp³-hybridized carbons (Fsp3) is 0.105. The molecule has 1 fully saturated rings. The van der Waals surface area contributed by atoms with E-state index in [-0.39, 0.29) is 4.32 Å². The van der Waals surface area contributed by atoms with Gasteiger partial charge in [-0.05, 0) is 22.8 Å². The molecule has 0 spiro atoms. The zero-order chi connectivity index (χ0) is 18.7. The van der Waals surface area contributed by atoms with Crippen molar-refractivity contribution >= 4 is 46.3 Å². The van der Waals surface area contributed by atoms with E-state index >= 15 is 0 Å². The standard InChI is InChI=1S/C19H15NO4S2/c21-16(22)11-20-18(24)15(26-19(20)25)10-12-6-8-14(9-7-12)17(23)13-4-2-1-3-5-13/h1-10,17,23H,11H2,(H,21,22)/b15-10-. The van der Waals surface area contributed by atoms with Crippen LogP contribution in [0.15, 0.2) is 59.5 Å². The smallest absolute Gasteiger partial charge is 0.323 e. The van der Waals surface area contributed by atoms with Crippen molar-refractivity contribution in [2.75, 3.05) is 6.54 Å². The summed E-state index contributed by atoms with van der Waals surface area (Å²) in [5.74, 6) is -1.52. The molecule has 1 aliphatic heterocycles. The second-order valence-corrected chi connectivity index (χ2v) is 7.32. The van der Waals surface area contributed by atoms with Crippen LogP contribution >= 0.6 is 24.0 Å². The minimum absolute atomic E-state index is 0.236. The molecule has 0 saturated carbocycles. The molecule has 1 atom stereocenters. The molecule has 1 amide bonds. The van der Waals surface area contributed by atoms with Crippen molar-refractivity contribution in [2.45, 2.75) is 6.10 Å². The fourth-order valence-electron chi connectivity index (χ4n) is 2.53. The summed E-state index contributed by atoms with van der Waals surface area (Å²) in [6.07, 6.45) is 0.943. The van der Waals surface area contributed by atoms with Crippen LogP contribution in [-0.2, 0) is 9.59 Å². The first-order valence-electron chi connectivity index (χ1n) is 7.76. The van der Waals surface area contributed by atoms with E-state index in [0.29, 0.717) is 4.91 Å². The van der Waals surface area contributed by atoms with Gasteiger partial charge in [0.15, 0.2) is 0 Å². The lowest BCUT2D eigenvalue weighted by molar-refractivity contribution is -0.140. The summed E-state index contributed by atoms with van der Waals surface area (Å²) in [7, 11) is 0. The van der Waals surface area contributed by atoms with Gasteiger partial charge in [0.05, 0.1) is 4.91 Å². The Bertz CT molecular complexity index is 878. The highest BCUT2D eigenvalue weighted by Crippen LogP contribution is 2.32. The third kappa shape index (κ3) is 4.01. The van der Waals surface area contributed by atoms with E-state index in [4.69, 9.17) is 17.3 Å². The molecule has 2 N–H and O–H groups in total. The van der Waals surface area contributed by atoms with Crippen molar-refractivity contribution in [1.82, 2.24) is 4.90 Å². The van der Waals surface area contributed by atoms with Crippen molar-refractivity contribution in [1.29, 1.82) is 0 Å². The highest BCUT2D eigenvalue weighted by Gasteiger charge is 2.33. The number of carboxylic acid groups (broad SMARTS) is 1.